The number of rotatable bonds is 10. The predicted molar refractivity (Wildman–Crippen MR) is 137 cm³/mol. The molecule has 0 aliphatic rings. The van der Waals surface area contributed by atoms with Crippen molar-refractivity contribution in [1.82, 2.24) is 19.3 Å². The molecule has 0 radical (unpaired) electrons. The van der Waals surface area contributed by atoms with Crippen molar-refractivity contribution in [2.75, 3.05) is 12.3 Å². The molecular formula is C24H28BrN5O2S. The minimum absolute atomic E-state index is 0.252. The minimum Gasteiger partial charge on any atom is -0.382 e. The van der Waals surface area contributed by atoms with E-state index in [1.54, 1.807) is 24.3 Å². The summed E-state index contributed by atoms with van der Waals surface area (Å²) in [5, 5.41) is 1.03. The third-order valence-corrected chi connectivity index (χ3v) is 8.14. The van der Waals surface area contributed by atoms with Crippen LogP contribution in [0.15, 0.2) is 57.9 Å². The maximum absolute atomic E-state index is 12.6. The van der Waals surface area contributed by atoms with Crippen LogP contribution in [0.2, 0.25) is 0 Å². The number of benzene rings is 2. The summed E-state index contributed by atoms with van der Waals surface area (Å²) in [6.45, 7) is 3.26. The molecular weight excluding hydrogens is 502 g/mol. The zero-order chi connectivity index (χ0) is 23.4. The highest BCUT2D eigenvalue weighted by Gasteiger charge is 2.18. The second-order valence-corrected chi connectivity index (χ2v) is 10.6. The Morgan fingerprint density at radius 1 is 1.03 bits per heavy atom. The summed E-state index contributed by atoms with van der Waals surface area (Å²) < 4.78 is 30.7. The third kappa shape index (κ3) is 5.05. The largest absolute Gasteiger partial charge is 0.382 e. The zero-order valence-electron chi connectivity index (χ0n) is 18.6. The van der Waals surface area contributed by atoms with Crippen molar-refractivity contribution in [2.45, 2.75) is 50.5 Å². The molecule has 0 aliphatic carbocycles. The number of hydrogen-bond donors (Lipinski definition) is 2. The van der Waals surface area contributed by atoms with Crippen molar-refractivity contribution in [1.29, 1.82) is 0 Å². The molecule has 9 heteroatoms. The number of hydrogen-bond acceptors (Lipinski definition) is 5. The van der Waals surface area contributed by atoms with E-state index in [1.807, 2.05) is 18.2 Å². The molecule has 4 rings (SSSR count). The van der Waals surface area contributed by atoms with Crippen molar-refractivity contribution in [3.05, 3.63) is 58.8 Å². The number of nitrogens with two attached hydrogens (primary N) is 1. The van der Waals surface area contributed by atoms with E-state index in [9.17, 15) is 8.42 Å². The van der Waals surface area contributed by atoms with Crippen molar-refractivity contribution in [3.8, 4) is 0 Å². The molecule has 0 atom stereocenters. The predicted octanol–water partition coefficient (Wildman–Crippen LogP) is 5.03. The van der Waals surface area contributed by atoms with E-state index in [2.05, 4.69) is 43.2 Å². The molecule has 0 fully saturated rings. The van der Waals surface area contributed by atoms with Gasteiger partial charge in [-0.25, -0.2) is 23.1 Å². The number of imidazole rings is 1. The van der Waals surface area contributed by atoms with Gasteiger partial charge in [-0.1, -0.05) is 43.7 Å². The summed E-state index contributed by atoms with van der Waals surface area (Å²) in [5.41, 5.74) is 8.87. The topological polar surface area (TPSA) is 103 Å². The van der Waals surface area contributed by atoms with Crippen LogP contribution in [0.3, 0.4) is 0 Å². The van der Waals surface area contributed by atoms with Gasteiger partial charge in [-0.15, -0.1) is 0 Å². The van der Waals surface area contributed by atoms with E-state index < -0.39 is 10.0 Å². The van der Waals surface area contributed by atoms with E-state index in [0.717, 1.165) is 60.0 Å². The standard InChI is InChI=1S/C24H28BrN5O2S/c1-2-3-14-21-29-22-23(17-10-4-6-12-19(17)28-24(22)26)30(21)16-9-8-15-27-33(31,32)20-13-7-5-11-18(20)25/h4-7,10-13,27H,2-3,8-9,14-16H2,1H3,(H2,26,28). The first-order valence-corrected chi connectivity index (χ1v) is 13.5. The van der Waals surface area contributed by atoms with Gasteiger partial charge in [0.15, 0.2) is 5.82 Å². The smallest absolute Gasteiger partial charge is 0.241 e. The quantitative estimate of drug-likeness (QED) is 0.280. The number of para-hydroxylation sites is 1. The van der Waals surface area contributed by atoms with Gasteiger partial charge < -0.3 is 10.3 Å². The number of halogens is 1. The highest BCUT2D eigenvalue weighted by Crippen LogP contribution is 2.29. The van der Waals surface area contributed by atoms with Crippen molar-refractivity contribution in [3.63, 3.8) is 0 Å². The molecule has 0 aliphatic heterocycles. The monoisotopic (exact) mass is 529 g/mol. The minimum atomic E-state index is -3.56. The second kappa shape index (κ2) is 10.2. The Kier molecular flexibility index (Phi) is 7.31. The molecule has 0 bridgehead atoms. The number of aryl methyl sites for hydroxylation is 2. The molecule has 0 amide bonds. The summed E-state index contributed by atoms with van der Waals surface area (Å²) in [5.74, 6) is 1.45. The van der Waals surface area contributed by atoms with Crippen molar-refractivity contribution >= 4 is 53.7 Å². The van der Waals surface area contributed by atoms with Crippen molar-refractivity contribution in [2.24, 2.45) is 0 Å². The highest BCUT2D eigenvalue weighted by atomic mass is 79.9. The van der Waals surface area contributed by atoms with Crippen LogP contribution >= 0.6 is 15.9 Å². The second-order valence-electron chi connectivity index (χ2n) is 8.03. The highest BCUT2D eigenvalue weighted by molar-refractivity contribution is 9.10. The maximum Gasteiger partial charge on any atom is 0.241 e. The Morgan fingerprint density at radius 2 is 1.79 bits per heavy atom. The SMILES string of the molecule is CCCCc1nc2c(N)nc3ccccc3c2n1CCCCNS(=O)(=O)c1ccccc1Br. The lowest BCUT2D eigenvalue weighted by Gasteiger charge is -2.12. The average Bonchev–Trinajstić information content (AvgIpc) is 3.17. The Balaban J connectivity index is 1.52. The van der Waals surface area contributed by atoms with Gasteiger partial charge in [0, 0.05) is 29.4 Å². The van der Waals surface area contributed by atoms with E-state index >= 15 is 0 Å². The Bertz CT molecular complexity index is 1380. The van der Waals surface area contributed by atoms with Gasteiger partial charge in [0.1, 0.15) is 11.3 Å². The number of sulfonamides is 1. The van der Waals surface area contributed by atoms with E-state index in [-0.39, 0.29) is 4.90 Å². The maximum atomic E-state index is 12.6. The fraction of sp³-hybridized carbons (Fsp3) is 0.333. The van der Waals surface area contributed by atoms with Crippen LogP contribution in [0, 0.1) is 0 Å². The number of pyridine rings is 1. The lowest BCUT2D eigenvalue weighted by molar-refractivity contribution is 0.561. The summed E-state index contributed by atoms with van der Waals surface area (Å²) in [7, 11) is -3.56. The molecule has 4 aromatic rings. The Morgan fingerprint density at radius 3 is 2.58 bits per heavy atom. The molecule has 3 N–H and O–H groups in total. The van der Waals surface area contributed by atoms with Crippen molar-refractivity contribution < 1.29 is 8.42 Å². The van der Waals surface area contributed by atoms with Gasteiger partial charge in [0.2, 0.25) is 10.0 Å². The molecule has 0 spiro atoms. The number of nitrogen functional groups attached to an aromatic ring is 1. The van der Waals surface area contributed by atoms with Gasteiger partial charge in [-0.05, 0) is 53.4 Å². The third-order valence-electron chi connectivity index (χ3n) is 5.67. The molecule has 2 heterocycles. The van der Waals surface area contributed by atoms with Crippen LogP contribution in [-0.2, 0) is 23.0 Å². The Hall–Kier alpha value is -2.49. The molecule has 174 valence electrons. The molecule has 0 saturated heterocycles. The number of fused-ring (bicyclic) bond motifs is 3. The number of nitrogens with one attached hydrogen (secondary N) is 1. The molecule has 33 heavy (non-hydrogen) atoms. The molecule has 2 aromatic heterocycles. The van der Waals surface area contributed by atoms with Crippen LogP contribution in [0.5, 0.6) is 0 Å². The molecule has 0 unspecified atom stereocenters. The fourth-order valence-electron chi connectivity index (χ4n) is 4.01. The number of nitrogens with zero attached hydrogens (tertiary/aromatic N) is 3. The van der Waals surface area contributed by atoms with Crippen LogP contribution in [0.25, 0.3) is 21.9 Å². The molecule has 7 nitrogen and oxygen atoms in total. The lowest BCUT2D eigenvalue weighted by Crippen LogP contribution is -2.25. The van der Waals surface area contributed by atoms with Gasteiger partial charge in [-0.3, -0.25) is 0 Å². The number of aromatic nitrogens is 3. The zero-order valence-corrected chi connectivity index (χ0v) is 21.0. The first-order chi connectivity index (χ1) is 15.9. The summed E-state index contributed by atoms with van der Waals surface area (Å²) in [4.78, 5) is 9.63. The van der Waals surface area contributed by atoms with E-state index in [4.69, 9.17) is 10.7 Å². The van der Waals surface area contributed by atoms with Crippen LogP contribution in [0.4, 0.5) is 5.82 Å². The summed E-state index contributed by atoms with van der Waals surface area (Å²) >= 11 is 3.31. The Labute approximate surface area is 202 Å². The molecule has 0 saturated carbocycles. The first kappa shape index (κ1) is 23.7. The summed E-state index contributed by atoms with van der Waals surface area (Å²) in [6, 6.07) is 14.8. The van der Waals surface area contributed by atoms with Gasteiger partial charge >= 0.3 is 0 Å². The van der Waals surface area contributed by atoms with Crippen LogP contribution in [-0.4, -0.2) is 29.5 Å². The van der Waals surface area contributed by atoms with Gasteiger partial charge in [-0.2, -0.15) is 0 Å². The number of anilines is 1. The molecule has 2 aromatic carbocycles. The van der Waals surface area contributed by atoms with Crippen LogP contribution in [0.1, 0.15) is 38.4 Å². The fourth-order valence-corrected chi connectivity index (χ4v) is 6.09. The lowest BCUT2D eigenvalue weighted by atomic mass is 10.2. The van der Waals surface area contributed by atoms with Gasteiger partial charge in [0.05, 0.1) is 15.9 Å². The number of unbranched alkanes of at least 4 members (excludes halogenated alkanes) is 2. The normalized spacial score (nSPS) is 12.1. The van der Waals surface area contributed by atoms with Crippen LogP contribution < -0.4 is 10.5 Å². The summed E-state index contributed by atoms with van der Waals surface area (Å²) in [6.07, 6.45) is 4.50. The van der Waals surface area contributed by atoms with E-state index in [0.29, 0.717) is 23.3 Å². The average molecular weight is 530 g/mol. The van der Waals surface area contributed by atoms with E-state index in [1.165, 1.54) is 0 Å². The van der Waals surface area contributed by atoms with Gasteiger partial charge in [0.25, 0.3) is 0 Å². The first-order valence-electron chi connectivity index (χ1n) is 11.2.